The Kier molecular flexibility index (Phi) is 5.82. The van der Waals surface area contributed by atoms with Crippen molar-refractivity contribution in [3.8, 4) is 11.5 Å². The highest BCUT2D eigenvalue weighted by Crippen LogP contribution is 2.29. The molecule has 9 heteroatoms. The molecule has 3 heterocycles. The molecule has 3 aromatic heterocycles. The number of halogens is 3. The van der Waals surface area contributed by atoms with E-state index in [0.29, 0.717) is 17.3 Å². The van der Waals surface area contributed by atoms with E-state index >= 15 is 0 Å². The van der Waals surface area contributed by atoms with E-state index in [1.54, 1.807) is 12.1 Å². The number of hydrogen-bond acceptors (Lipinski definition) is 6. The molecule has 0 aliphatic carbocycles. The second kappa shape index (κ2) is 8.17. The summed E-state index contributed by atoms with van der Waals surface area (Å²) in [6.07, 6.45) is 0.220. The molecule has 3 rings (SSSR count). The van der Waals surface area contributed by atoms with Crippen LogP contribution in [-0.2, 0) is 6.18 Å². The van der Waals surface area contributed by atoms with E-state index in [0.717, 1.165) is 18.0 Å². The van der Waals surface area contributed by atoms with E-state index in [1.807, 2.05) is 45.9 Å². The van der Waals surface area contributed by atoms with Gasteiger partial charge >= 0.3 is 6.18 Å². The van der Waals surface area contributed by atoms with Gasteiger partial charge in [-0.1, -0.05) is 32.9 Å². The number of alkyl halides is 3. The van der Waals surface area contributed by atoms with E-state index in [9.17, 15) is 13.2 Å². The predicted molar refractivity (Wildman–Crippen MR) is 109 cm³/mol. The lowest BCUT2D eigenvalue weighted by atomic mass is 9.96. The fraction of sp³-hybridized carbons (Fsp3) is 0.286. The van der Waals surface area contributed by atoms with Crippen molar-refractivity contribution in [2.75, 3.05) is 5.32 Å². The van der Waals surface area contributed by atoms with Crippen LogP contribution in [0.3, 0.4) is 0 Å². The van der Waals surface area contributed by atoms with Gasteiger partial charge in [0.05, 0.1) is 0 Å². The molecule has 0 saturated heterocycles. The molecule has 0 radical (unpaired) electrons. The molecule has 6 nitrogen and oxygen atoms in total. The largest absolute Gasteiger partial charge is 0.433 e. The molecule has 30 heavy (non-hydrogen) atoms. The van der Waals surface area contributed by atoms with Crippen LogP contribution in [0.1, 0.15) is 38.0 Å². The molecule has 1 N–H and O–H groups in total. The number of pyridine rings is 2. The van der Waals surface area contributed by atoms with Crippen molar-refractivity contribution in [1.29, 1.82) is 0 Å². The lowest BCUT2D eigenvalue weighted by molar-refractivity contribution is -0.141. The minimum absolute atomic E-state index is 0.103. The first-order chi connectivity index (χ1) is 14.0. The molecular weight excluding hydrogens is 393 g/mol. The molecule has 0 bridgehead atoms. The Hall–Kier alpha value is -3.36. The molecule has 0 aromatic carbocycles. The maximum absolute atomic E-state index is 13.0. The van der Waals surface area contributed by atoms with Crippen LogP contribution in [0, 0.1) is 12.3 Å². The van der Waals surface area contributed by atoms with Crippen molar-refractivity contribution < 1.29 is 13.2 Å². The molecule has 0 aliphatic rings. The smallest absolute Gasteiger partial charge is 0.324 e. The molecule has 0 unspecified atom stereocenters. The van der Waals surface area contributed by atoms with E-state index in [4.69, 9.17) is 0 Å². The molecule has 3 aromatic rings. The van der Waals surface area contributed by atoms with Crippen molar-refractivity contribution in [3.05, 3.63) is 59.8 Å². The Labute approximate surface area is 172 Å². The third-order valence-electron chi connectivity index (χ3n) is 3.81. The van der Waals surface area contributed by atoms with Crippen LogP contribution in [-0.4, -0.2) is 24.9 Å². The van der Waals surface area contributed by atoms with Crippen LogP contribution in [0.15, 0.2) is 42.6 Å². The highest BCUT2D eigenvalue weighted by Gasteiger charge is 2.32. The van der Waals surface area contributed by atoms with Crippen molar-refractivity contribution >= 4 is 17.7 Å². The first-order valence-electron chi connectivity index (χ1n) is 9.19. The van der Waals surface area contributed by atoms with Crippen molar-refractivity contribution in [3.63, 3.8) is 0 Å². The summed E-state index contributed by atoms with van der Waals surface area (Å²) in [5.41, 5.74) is 0.386. The highest BCUT2D eigenvalue weighted by atomic mass is 19.4. The number of rotatable bonds is 4. The zero-order valence-electron chi connectivity index (χ0n) is 17.0. The van der Waals surface area contributed by atoms with Gasteiger partial charge in [-0.3, -0.25) is 4.98 Å². The van der Waals surface area contributed by atoms with Crippen LogP contribution in [0.4, 0.5) is 24.8 Å². The molecule has 156 valence electrons. The summed E-state index contributed by atoms with van der Waals surface area (Å²) in [6, 6.07) is 7.75. The summed E-state index contributed by atoms with van der Waals surface area (Å²) in [5.74, 6) is 0.789. The van der Waals surface area contributed by atoms with Gasteiger partial charge in [-0.2, -0.15) is 23.1 Å². The quantitative estimate of drug-likeness (QED) is 0.611. The Morgan fingerprint density at radius 3 is 2.40 bits per heavy atom. The van der Waals surface area contributed by atoms with Gasteiger partial charge in [-0.15, -0.1) is 0 Å². The second-order valence-corrected chi connectivity index (χ2v) is 7.76. The molecule has 0 aliphatic heterocycles. The van der Waals surface area contributed by atoms with E-state index in [-0.39, 0.29) is 17.1 Å². The first-order valence-corrected chi connectivity index (χ1v) is 9.19. The zero-order valence-corrected chi connectivity index (χ0v) is 17.0. The highest BCUT2D eigenvalue weighted by molar-refractivity contribution is 5.59. The molecule has 0 fully saturated rings. The summed E-state index contributed by atoms with van der Waals surface area (Å²) < 4.78 is 38.9. The number of nitrogens with zero attached hydrogens (tertiary/aromatic N) is 5. The Balaban J connectivity index is 2.03. The van der Waals surface area contributed by atoms with Crippen LogP contribution >= 0.6 is 0 Å². The number of allylic oxidation sites excluding steroid dienone is 1. The van der Waals surface area contributed by atoms with Crippen LogP contribution in [0.2, 0.25) is 0 Å². The minimum Gasteiger partial charge on any atom is -0.324 e. The van der Waals surface area contributed by atoms with Crippen LogP contribution < -0.4 is 5.32 Å². The van der Waals surface area contributed by atoms with Crippen molar-refractivity contribution in [2.24, 2.45) is 5.41 Å². The number of aromatic nitrogens is 5. The fourth-order valence-electron chi connectivity index (χ4n) is 2.42. The molecule has 0 atom stereocenters. The maximum atomic E-state index is 13.0. The zero-order chi connectivity index (χ0) is 21.9. The van der Waals surface area contributed by atoms with Gasteiger partial charge in [-0.05, 0) is 42.7 Å². The van der Waals surface area contributed by atoms with E-state index in [1.165, 1.54) is 6.07 Å². The Bertz CT molecular complexity index is 1070. The SMILES string of the molecule is Cc1cccc(-c2nc(/C=C/C(C)(C)C)nc(Nc3ccnc(C(F)(F)F)c3)n2)n1. The number of hydrogen-bond donors (Lipinski definition) is 1. The van der Waals surface area contributed by atoms with Crippen LogP contribution in [0.5, 0.6) is 0 Å². The maximum Gasteiger partial charge on any atom is 0.433 e. The Morgan fingerprint density at radius 2 is 1.73 bits per heavy atom. The fourth-order valence-corrected chi connectivity index (χ4v) is 2.42. The van der Waals surface area contributed by atoms with E-state index < -0.39 is 11.9 Å². The molecule has 0 spiro atoms. The summed E-state index contributed by atoms with van der Waals surface area (Å²) in [7, 11) is 0. The van der Waals surface area contributed by atoms with Gasteiger partial charge in [0.25, 0.3) is 0 Å². The Morgan fingerprint density at radius 1 is 0.967 bits per heavy atom. The molecule has 0 saturated carbocycles. The molecule has 0 amide bonds. The third-order valence-corrected chi connectivity index (χ3v) is 3.81. The van der Waals surface area contributed by atoms with E-state index in [2.05, 4.69) is 30.2 Å². The monoisotopic (exact) mass is 414 g/mol. The lowest BCUT2D eigenvalue weighted by Crippen LogP contribution is -2.09. The third kappa shape index (κ3) is 5.82. The van der Waals surface area contributed by atoms with Gasteiger partial charge in [0.1, 0.15) is 11.4 Å². The lowest BCUT2D eigenvalue weighted by Gasteiger charge is -2.12. The number of aryl methyl sites for hydroxylation is 1. The van der Waals surface area contributed by atoms with Gasteiger partial charge in [0.15, 0.2) is 11.6 Å². The topological polar surface area (TPSA) is 76.5 Å². The summed E-state index contributed by atoms with van der Waals surface area (Å²) in [4.78, 5) is 20.9. The first kappa shape index (κ1) is 21.4. The van der Waals surface area contributed by atoms with Gasteiger partial charge < -0.3 is 5.32 Å². The van der Waals surface area contributed by atoms with Crippen molar-refractivity contribution in [1.82, 2.24) is 24.9 Å². The number of anilines is 2. The summed E-state index contributed by atoms with van der Waals surface area (Å²) in [5, 5.41) is 2.81. The van der Waals surface area contributed by atoms with Gasteiger partial charge in [0, 0.05) is 17.6 Å². The van der Waals surface area contributed by atoms with Gasteiger partial charge in [-0.25, -0.2) is 9.97 Å². The minimum atomic E-state index is -4.55. The summed E-state index contributed by atoms with van der Waals surface area (Å²) >= 11 is 0. The second-order valence-electron chi connectivity index (χ2n) is 7.76. The van der Waals surface area contributed by atoms with Crippen molar-refractivity contribution in [2.45, 2.75) is 33.9 Å². The summed E-state index contributed by atoms with van der Waals surface area (Å²) in [6.45, 7) is 7.94. The standard InChI is InChI=1S/C21H21F3N6/c1-13-6-5-7-15(26-13)18-28-17(8-10-20(2,3)4)29-19(30-18)27-14-9-11-25-16(12-14)21(22,23)24/h5-12H,1-4H3,(H,25,27,28,29,30)/b10-8+. The van der Waals surface area contributed by atoms with Crippen LogP contribution in [0.25, 0.3) is 17.6 Å². The normalized spacial score (nSPS) is 12.4. The van der Waals surface area contributed by atoms with Gasteiger partial charge in [0.2, 0.25) is 5.95 Å². The number of nitrogens with one attached hydrogen (secondary N) is 1. The predicted octanol–water partition coefficient (Wildman–Crippen LogP) is 5.46. The average Bonchev–Trinajstić information content (AvgIpc) is 2.65. The average molecular weight is 414 g/mol. The molecular formula is C21H21F3N6.